The molecule has 0 saturated heterocycles. The highest BCUT2D eigenvalue weighted by atomic mass is 16.5. The molecule has 0 radical (unpaired) electrons. The Labute approximate surface area is 185 Å². The fourth-order valence-electron chi connectivity index (χ4n) is 3.75. The van der Waals surface area contributed by atoms with Gasteiger partial charge in [-0.2, -0.15) is 0 Å². The van der Waals surface area contributed by atoms with Crippen LogP contribution < -0.4 is 5.32 Å². The van der Waals surface area contributed by atoms with Crippen LogP contribution in [-0.4, -0.2) is 15.4 Å². The molecule has 6 heteroatoms. The van der Waals surface area contributed by atoms with Gasteiger partial charge in [-0.05, 0) is 18.1 Å². The van der Waals surface area contributed by atoms with Crippen LogP contribution in [-0.2, 0) is 6.54 Å². The number of aryl methyl sites for hydroxylation is 1. The van der Waals surface area contributed by atoms with Crippen molar-refractivity contribution in [2.24, 2.45) is 0 Å². The second kappa shape index (κ2) is 8.99. The maximum atomic E-state index is 6.01. The van der Waals surface area contributed by atoms with Crippen LogP contribution in [0.1, 0.15) is 28.8 Å². The van der Waals surface area contributed by atoms with Crippen LogP contribution in [0.15, 0.2) is 99.9 Å². The summed E-state index contributed by atoms with van der Waals surface area (Å²) >= 11 is 0. The largest absolute Gasteiger partial charge is 0.419 e. The molecule has 1 N–H and O–H groups in total. The zero-order valence-corrected chi connectivity index (χ0v) is 17.6. The van der Waals surface area contributed by atoms with Gasteiger partial charge in [0.1, 0.15) is 17.0 Å². The SMILES string of the molecule is Cc1onc(-c2ccccc2)c1-c1nnc(CNC(c2ccccc2)c2ccccc2)o1. The number of rotatable bonds is 7. The number of benzene rings is 3. The minimum atomic E-state index is 0.00459. The van der Waals surface area contributed by atoms with Crippen molar-refractivity contribution in [1.29, 1.82) is 0 Å². The topological polar surface area (TPSA) is 77.0 Å². The molecule has 5 aromatic rings. The minimum Gasteiger partial charge on any atom is -0.419 e. The number of nitrogens with zero attached hydrogens (tertiary/aromatic N) is 3. The molecule has 0 aliphatic carbocycles. The monoisotopic (exact) mass is 422 g/mol. The van der Waals surface area contributed by atoms with Gasteiger partial charge < -0.3 is 8.94 Å². The molecule has 0 fully saturated rings. The maximum absolute atomic E-state index is 6.01. The number of aromatic nitrogens is 3. The molecule has 0 unspecified atom stereocenters. The molecule has 2 aromatic heterocycles. The third-order valence-electron chi connectivity index (χ3n) is 5.31. The Hall–Kier alpha value is -4.03. The van der Waals surface area contributed by atoms with Crippen LogP contribution in [0.3, 0.4) is 0 Å². The van der Waals surface area contributed by atoms with Crippen molar-refractivity contribution in [2.45, 2.75) is 19.5 Å². The van der Waals surface area contributed by atoms with Gasteiger partial charge in [0.05, 0.1) is 12.6 Å². The standard InChI is InChI=1S/C26H22N4O2/c1-18-23(25(30-32-18)21-15-9-4-10-16-21)26-29-28-22(31-26)17-27-24(19-11-5-2-6-12-19)20-13-7-3-8-14-20/h2-16,24,27H,17H2,1H3. The highest BCUT2D eigenvalue weighted by Gasteiger charge is 2.22. The van der Waals surface area contributed by atoms with Gasteiger partial charge in [0.2, 0.25) is 5.89 Å². The van der Waals surface area contributed by atoms with Crippen molar-refractivity contribution in [3.8, 4) is 22.7 Å². The van der Waals surface area contributed by atoms with Crippen molar-refractivity contribution < 1.29 is 8.94 Å². The third-order valence-corrected chi connectivity index (χ3v) is 5.31. The van der Waals surface area contributed by atoms with E-state index in [1.807, 2.05) is 73.7 Å². The highest BCUT2D eigenvalue weighted by molar-refractivity contribution is 5.77. The van der Waals surface area contributed by atoms with E-state index < -0.39 is 0 Å². The normalized spacial score (nSPS) is 11.2. The van der Waals surface area contributed by atoms with E-state index in [0.29, 0.717) is 29.8 Å². The van der Waals surface area contributed by atoms with Crippen molar-refractivity contribution in [2.75, 3.05) is 0 Å². The van der Waals surface area contributed by atoms with Gasteiger partial charge >= 0.3 is 0 Å². The molecule has 2 heterocycles. The maximum Gasteiger partial charge on any atom is 0.253 e. The molecule has 5 rings (SSSR count). The predicted octanol–water partition coefficient (Wildman–Crippen LogP) is 5.58. The Morgan fingerprint density at radius 1 is 0.781 bits per heavy atom. The van der Waals surface area contributed by atoms with Crippen molar-refractivity contribution in [3.63, 3.8) is 0 Å². The van der Waals surface area contributed by atoms with Gasteiger partial charge in [0.15, 0.2) is 0 Å². The molecule has 0 aliphatic heterocycles. The lowest BCUT2D eigenvalue weighted by molar-refractivity contribution is 0.399. The number of hydrogen-bond acceptors (Lipinski definition) is 6. The summed E-state index contributed by atoms with van der Waals surface area (Å²) < 4.78 is 11.4. The minimum absolute atomic E-state index is 0.00459. The van der Waals surface area contributed by atoms with E-state index >= 15 is 0 Å². The molecular formula is C26H22N4O2. The highest BCUT2D eigenvalue weighted by Crippen LogP contribution is 2.33. The lowest BCUT2D eigenvalue weighted by Crippen LogP contribution is -2.22. The molecule has 0 bridgehead atoms. The van der Waals surface area contributed by atoms with E-state index in [4.69, 9.17) is 8.94 Å². The summed E-state index contributed by atoms with van der Waals surface area (Å²) in [7, 11) is 0. The van der Waals surface area contributed by atoms with Crippen LogP contribution in [0.2, 0.25) is 0 Å². The third kappa shape index (κ3) is 4.08. The van der Waals surface area contributed by atoms with Crippen molar-refractivity contribution >= 4 is 0 Å². The smallest absolute Gasteiger partial charge is 0.253 e. The van der Waals surface area contributed by atoms with Gasteiger partial charge in [-0.3, -0.25) is 5.32 Å². The Morgan fingerprint density at radius 3 is 2.00 bits per heavy atom. The molecule has 0 spiro atoms. The van der Waals surface area contributed by atoms with E-state index in [1.54, 1.807) is 0 Å². The fraction of sp³-hybridized carbons (Fsp3) is 0.115. The van der Waals surface area contributed by atoms with E-state index in [9.17, 15) is 0 Å². The second-order valence-electron chi connectivity index (χ2n) is 7.46. The molecule has 0 aliphatic rings. The molecule has 0 amide bonds. The van der Waals surface area contributed by atoms with Gasteiger partial charge in [-0.15, -0.1) is 10.2 Å². The molecule has 0 atom stereocenters. The number of nitrogens with one attached hydrogen (secondary N) is 1. The first-order valence-corrected chi connectivity index (χ1v) is 10.5. The lowest BCUT2D eigenvalue weighted by atomic mass is 9.99. The first-order valence-electron chi connectivity index (χ1n) is 10.5. The van der Waals surface area contributed by atoms with E-state index in [-0.39, 0.29) is 6.04 Å². The van der Waals surface area contributed by atoms with Gasteiger partial charge in [0.25, 0.3) is 5.89 Å². The summed E-state index contributed by atoms with van der Waals surface area (Å²) in [5.74, 6) is 1.53. The average Bonchev–Trinajstić information content (AvgIpc) is 3.47. The van der Waals surface area contributed by atoms with Gasteiger partial charge in [-0.1, -0.05) is 96.2 Å². The first kappa shape index (κ1) is 19.9. The van der Waals surface area contributed by atoms with Gasteiger partial charge in [-0.25, -0.2) is 0 Å². The predicted molar refractivity (Wildman–Crippen MR) is 122 cm³/mol. The first-order chi connectivity index (χ1) is 15.8. The summed E-state index contributed by atoms with van der Waals surface area (Å²) in [6, 6.07) is 30.5. The second-order valence-corrected chi connectivity index (χ2v) is 7.46. The fourth-order valence-corrected chi connectivity index (χ4v) is 3.75. The quantitative estimate of drug-likeness (QED) is 0.369. The molecule has 0 saturated carbocycles. The van der Waals surface area contributed by atoms with Crippen LogP contribution in [0.5, 0.6) is 0 Å². The molecule has 6 nitrogen and oxygen atoms in total. The summed E-state index contributed by atoms with van der Waals surface area (Å²) in [5.41, 5.74) is 4.68. The van der Waals surface area contributed by atoms with E-state index in [0.717, 1.165) is 11.1 Å². The van der Waals surface area contributed by atoms with Crippen LogP contribution in [0.4, 0.5) is 0 Å². The Bertz CT molecular complexity index is 1240. The Balaban J connectivity index is 1.40. The Kier molecular flexibility index (Phi) is 5.59. The zero-order chi connectivity index (χ0) is 21.8. The summed E-state index contributed by atoms with van der Waals surface area (Å²) in [6.45, 7) is 2.27. The molecule has 32 heavy (non-hydrogen) atoms. The average molecular weight is 422 g/mol. The zero-order valence-electron chi connectivity index (χ0n) is 17.6. The molecule has 3 aromatic carbocycles. The Morgan fingerprint density at radius 2 is 1.38 bits per heavy atom. The molecular weight excluding hydrogens is 400 g/mol. The van der Waals surface area contributed by atoms with E-state index in [1.165, 1.54) is 11.1 Å². The van der Waals surface area contributed by atoms with Crippen LogP contribution in [0, 0.1) is 6.92 Å². The van der Waals surface area contributed by atoms with Crippen LogP contribution in [0.25, 0.3) is 22.7 Å². The molecule has 158 valence electrons. The summed E-state index contributed by atoms with van der Waals surface area (Å²) in [4.78, 5) is 0. The lowest BCUT2D eigenvalue weighted by Gasteiger charge is -2.19. The van der Waals surface area contributed by atoms with Crippen molar-refractivity contribution in [1.82, 2.24) is 20.7 Å². The summed E-state index contributed by atoms with van der Waals surface area (Å²) in [5, 5.41) is 16.3. The van der Waals surface area contributed by atoms with Crippen LogP contribution >= 0.6 is 0 Å². The van der Waals surface area contributed by atoms with E-state index in [2.05, 4.69) is 44.9 Å². The van der Waals surface area contributed by atoms with Gasteiger partial charge in [0, 0.05) is 5.56 Å². The van der Waals surface area contributed by atoms with Crippen molar-refractivity contribution in [3.05, 3.63) is 114 Å². The number of hydrogen-bond donors (Lipinski definition) is 1. The summed E-state index contributed by atoms with van der Waals surface area (Å²) in [6.07, 6.45) is 0.